The van der Waals surface area contributed by atoms with Crippen LogP contribution in [0.4, 0.5) is 0 Å². The topological polar surface area (TPSA) is 23.0 Å². The fourth-order valence-corrected chi connectivity index (χ4v) is 8.19. The van der Waals surface area contributed by atoms with E-state index in [1.807, 2.05) is 6.07 Å². The van der Waals surface area contributed by atoms with Crippen LogP contribution in [0.25, 0.3) is 99.2 Å². The van der Waals surface area contributed by atoms with Crippen molar-refractivity contribution in [3.8, 4) is 33.6 Å². The standard InChI is InChI=1S/C48H30N2O/c1-5-13-42-37(9-1)38-10-2-6-14-43(38)49(42)35-25-21-33(22-26-35)31-17-19-32(20-18-31)34-23-27-36(28-24-34)50-44-15-7-3-11-39(44)40-29-30-46-47(48(40)50)41-12-4-8-16-45(41)51-46/h1-30H. The second-order valence-corrected chi connectivity index (χ2v) is 13.3. The lowest BCUT2D eigenvalue weighted by atomic mass is 10.00. The summed E-state index contributed by atoms with van der Waals surface area (Å²) in [6.07, 6.45) is 0. The molecule has 238 valence electrons. The van der Waals surface area contributed by atoms with Gasteiger partial charge in [0.1, 0.15) is 11.2 Å². The molecule has 51 heavy (non-hydrogen) atoms. The van der Waals surface area contributed by atoms with E-state index in [0.717, 1.165) is 33.3 Å². The van der Waals surface area contributed by atoms with Crippen LogP contribution in [0.2, 0.25) is 0 Å². The molecular weight excluding hydrogens is 621 g/mol. The number of fused-ring (bicyclic) bond motifs is 10. The van der Waals surface area contributed by atoms with E-state index in [9.17, 15) is 0 Å². The molecule has 3 aromatic heterocycles. The predicted molar refractivity (Wildman–Crippen MR) is 213 cm³/mol. The number of para-hydroxylation sites is 4. The molecule has 0 N–H and O–H groups in total. The minimum Gasteiger partial charge on any atom is -0.456 e. The smallest absolute Gasteiger partial charge is 0.137 e. The number of rotatable bonds is 4. The third kappa shape index (κ3) is 4.19. The molecule has 8 aromatic carbocycles. The minimum absolute atomic E-state index is 0.908. The van der Waals surface area contributed by atoms with Crippen LogP contribution in [0, 0.1) is 0 Å². The van der Waals surface area contributed by atoms with Crippen LogP contribution >= 0.6 is 0 Å². The maximum absolute atomic E-state index is 6.30. The number of hydrogen-bond donors (Lipinski definition) is 0. The normalized spacial score (nSPS) is 11.9. The van der Waals surface area contributed by atoms with Gasteiger partial charge in [-0.15, -0.1) is 0 Å². The molecule has 0 saturated heterocycles. The average Bonchev–Trinajstić information content (AvgIpc) is 3.86. The monoisotopic (exact) mass is 650 g/mol. The third-order valence-electron chi connectivity index (χ3n) is 10.6. The Morgan fingerprint density at radius 2 is 0.706 bits per heavy atom. The van der Waals surface area contributed by atoms with Crippen molar-refractivity contribution in [2.75, 3.05) is 0 Å². The van der Waals surface area contributed by atoms with E-state index < -0.39 is 0 Å². The molecule has 0 aliphatic carbocycles. The average molecular weight is 651 g/mol. The second-order valence-electron chi connectivity index (χ2n) is 13.3. The Labute approximate surface area is 293 Å². The molecule has 0 aliphatic rings. The van der Waals surface area contributed by atoms with Gasteiger partial charge in [0.05, 0.1) is 27.5 Å². The molecule has 0 radical (unpaired) electrons. The third-order valence-corrected chi connectivity index (χ3v) is 10.6. The summed E-state index contributed by atoms with van der Waals surface area (Å²) in [7, 11) is 0. The highest BCUT2D eigenvalue weighted by Gasteiger charge is 2.19. The summed E-state index contributed by atoms with van der Waals surface area (Å²) in [5.74, 6) is 0. The molecule has 11 aromatic rings. The molecule has 3 heteroatoms. The Morgan fingerprint density at radius 1 is 0.294 bits per heavy atom. The molecule has 0 spiro atoms. The van der Waals surface area contributed by atoms with Gasteiger partial charge in [-0.05, 0) is 82.9 Å². The Bertz CT molecular complexity index is 3050. The molecule has 0 bridgehead atoms. The molecule has 0 fully saturated rings. The largest absolute Gasteiger partial charge is 0.456 e. The highest BCUT2D eigenvalue weighted by Crippen LogP contribution is 2.41. The first kappa shape index (κ1) is 28.0. The molecule has 0 atom stereocenters. The summed E-state index contributed by atoms with van der Waals surface area (Å²) in [4.78, 5) is 0. The fraction of sp³-hybridized carbons (Fsp3) is 0. The van der Waals surface area contributed by atoms with Crippen LogP contribution in [0.3, 0.4) is 0 Å². The zero-order valence-electron chi connectivity index (χ0n) is 27.6. The number of benzene rings is 8. The first-order valence-electron chi connectivity index (χ1n) is 17.4. The van der Waals surface area contributed by atoms with E-state index in [2.05, 4.69) is 185 Å². The van der Waals surface area contributed by atoms with Crippen LogP contribution in [0.15, 0.2) is 186 Å². The summed E-state index contributed by atoms with van der Waals surface area (Å²) < 4.78 is 11.1. The zero-order chi connectivity index (χ0) is 33.5. The maximum Gasteiger partial charge on any atom is 0.137 e. The van der Waals surface area contributed by atoms with Gasteiger partial charge in [-0.2, -0.15) is 0 Å². The fourth-order valence-electron chi connectivity index (χ4n) is 8.19. The van der Waals surface area contributed by atoms with Gasteiger partial charge in [-0.3, -0.25) is 0 Å². The van der Waals surface area contributed by atoms with Gasteiger partial charge in [0.2, 0.25) is 0 Å². The van der Waals surface area contributed by atoms with Crippen molar-refractivity contribution >= 4 is 65.6 Å². The van der Waals surface area contributed by atoms with Crippen LogP contribution in [-0.4, -0.2) is 9.13 Å². The molecule has 3 nitrogen and oxygen atoms in total. The van der Waals surface area contributed by atoms with Crippen molar-refractivity contribution in [1.82, 2.24) is 9.13 Å². The van der Waals surface area contributed by atoms with E-state index >= 15 is 0 Å². The Kier molecular flexibility index (Phi) is 5.96. The van der Waals surface area contributed by atoms with Gasteiger partial charge < -0.3 is 13.6 Å². The summed E-state index contributed by atoms with van der Waals surface area (Å²) in [5, 5.41) is 7.32. The minimum atomic E-state index is 0.908. The lowest BCUT2D eigenvalue weighted by Crippen LogP contribution is -1.94. The predicted octanol–water partition coefficient (Wildman–Crippen LogP) is 13.1. The SMILES string of the molecule is c1ccc2c(c1)oc1ccc3c4ccccc4n(-c4ccc(-c5ccc(-c6ccc(-n7c8ccccc8c8ccccc87)cc6)cc5)cc4)c3c12. The molecule has 0 unspecified atom stereocenters. The highest BCUT2D eigenvalue weighted by atomic mass is 16.3. The highest BCUT2D eigenvalue weighted by molar-refractivity contribution is 6.24. The van der Waals surface area contributed by atoms with Gasteiger partial charge in [0.25, 0.3) is 0 Å². The van der Waals surface area contributed by atoms with Crippen molar-refractivity contribution in [3.05, 3.63) is 182 Å². The first-order valence-corrected chi connectivity index (χ1v) is 17.4. The van der Waals surface area contributed by atoms with Crippen LogP contribution < -0.4 is 0 Å². The quantitative estimate of drug-likeness (QED) is 0.186. The van der Waals surface area contributed by atoms with E-state index in [1.54, 1.807) is 0 Å². The van der Waals surface area contributed by atoms with E-state index in [4.69, 9.17) is 4.42 Å². The molecule has 0 saturated carbocycles. The van der Waals surface area contributed by atoms with E-state index in [-0.39, 0.29) is 0 Å². The van der Waals surface area contributed by atoms with E-state index in [0.29, 0.717) is 0 Å². The summed E-state index contributed by atoms with van der Waals surface area (Å²) >= 11 is 0. The van der Waals surface area contributed by atoms with Crippen molar-refractivity contribution in [2.24, 2.45) is 0 Å². The Morgan fingerprint density at radius 3 is 1.25 bits per heavy atom. The number of hydrogen-bond acceptors (Lipinski definition) is 1. The van der Waals surface area contributed by atoms with Crippen molar-refractivity contribution in [3.63, 3.8) is 0 Å². The van der Waals surface area contributed by atoms with Gasteiger partial charge in [-0.1, -0.05) is 121 Å². The van der Waals surface area contributed by atoms with Gasteiger partial charge in [-0.25, -0.2) is 0 Å². The Balaban J connectivity index is 0.943. The van der Waals surface area contributed by atoms with E-state index in [1.165, 1.54) is 65.9 Å². The van der Waals surface area contributed by atoms with Crippen molar-refractivity contribution < 1.29 is 4.42 Å². The molecule has 0 amide bonds. The number of aromatic nitrogens is 2. The Hall–Kier alpha value is -6.84. The van der Waals surface area contributed by atoms with Crippen molar-refractivity contribution in [1.29, 1.82) is 0 Å². The lowest BCUT2D eigenvalue weighted by Gasteiger charge is -2.11. The first-order chi connectivity index (χ1) is 25.3. The lowest BCUT2D eigenvalue weighted by molar-refractivity contribution is 0.669. The van der Waals surface area contributed by atoms with Gasteiger partial charge >= 0.3 is 0 Å². The number of furan rings is 1. The van der Waals surface area contributed by atoms with Crippen LogP contribution in [0.5, 0.6) is 0 Å². The number of nitrogens with zero attached hydrogens (tertiary/aromatic N) is 2. The zero-order valence-corrected chi connectivity index (χ0v) is 27.6. The second kappa shape index (κ2) is 10.8. The summed E-state index contributed by atoms with van der Waals surface area (Å²) in [5.41, 5.74) is 13.7. The molecule has 11 rings (SSSR count). The molecule has 3 heterocycles. The van der Waals surface area contributed by atoms with Gasteiger partial charge in [0, 0.05) is 38.3 Å². The molecule has 0 aliphatic heterocycles. The summed E-state index contributed by atoms with van der Waals surface area (Å²) in [6, 6.07) is 65.4. The van der Waals surface area contributed by atoms with Crippen LogP contribution in [0.1, 0.15) is 0 Å². The van der Waals surface area contributed by atoms with Crippen molar-refractivity contribution in [2.45, 2.75) is 0 Å². The van der Waals surface area contributed by atoms with Gasteiger partial charge in [0.15, 0.2) is 0 Å². The van der Waals surface area contributed by atoms with Crippen LogP contribution in [-0.2, 0) is 0 Å². The summed E-state index contributed by atoms with van der Waals surface area (Å²) in [6.45, 7) is 0. The maximum atomic E-state index is 6.30. The molecular formula is C48H30N2O.